The van der Waals surface area contributed by atoms with Crippen molar-refractivity contribution in [1.29, 1.82) is 0 Å². The van der Waals surface area contributed by atoms with Gasteiger partial charge in [0.25, 0.3) is 0 Å². The molecule has 0 radical (unpaired) electrons. The van der Waals surface area contributed by atoms with E-state index in [1.54, 1.807) is 6.20 Å². The van der Waals surface area contributed by atoms with Crippen LogP contribution in [0.4, 0.5) is 11.6 Å². The fourth-order valence-corrected chi connectivity index (χ4v) is 5.23. The van der Waals surface area contributed by atoms with Crippen LogP contribution in [0, 0.1) is 6.92 Å². The van der Waals surface area contributed by atoms with Gasteiger partial charge in [0.05, 0.1) is 11.7 Å². The number of anilines is 2. The number of piperidine rings is 1. The van der Waals surface area contributed by atoms with Gasteiger partial charge in [-0.2, -0.15) is 10.2 Å². The van der Waals surface area contributed by atoms with Crippen molar-refractivity contribution in [3.63, 3.8) is 0 Å². The average Bonchev–Trinajstić information content (AvgIpc) is 3.29. The Balaban J connectivity index is 1.29. The molecule has 0 saturated carbocycles. The fourth-order valence-electron chi connectivity index (χ4n) is 5.23. The Morgan fingerprint density at radius 2 is 1.91 bits per heavy atom. The minimum Gasteiger partial charge on any atom is -0.488 e. The van der Waals surface area contributed by atoms with E-state index in [2.05, 4.69) is 55.7 Å². The Hall–Kier alpha value is -3.52. The molecule has 1 N–H and O–H groups in total. The van der Waals surface area contributed by atoms with Gasteiger partial charge in [-0.25, -0.2) is 4.52 Å². The van der Waals surface area contributed by atoms with E-state index in [9.17, 15) is 0 Å². The Morgan fingerprint density at radius 3 is 2.70 bits per heavy atom. The molecule has 2 aliphatic rings. The highest BCUT2D eigenvalue weighted by Crippen LogP contribution is 2.38. The van der Waals surface area contributed by atoms with Crippen LogP contribution in [0.3, 0.4) is 0 Å². The average molecular weight is 442 g/mol. The molecule has 6 heterocycles. The third-order valence-corrected chi connectivity index (χ3v) is 6.96. The van der Waals surface area contributed by atoms with Gasteiger partial charge < -0.3 is 15.0 Å². The normalized spacial score (nSPS) is 22.5. The minimum atomic E-state index is 0.239. The number of fused-ring (bicyclic) bond motifs is 3. The van der Waals surface area contributed by atoms with Gasteiger partial charge in [0.1, 0.15) is 11.9 Å². The molecule has 0 aromatic carbocycles. The summed E-state index contributed by atoms with van der Waals surface area (Å²) in [6, 6.07) is 13.3. The van der Waals surface area contributed by atoms with Crippen molar-refractivity contribution < 1.29 is 4.74 Å². The van der Waals surface area contributed by atoms with E-state index in [4.69, 9.17) is 4.74 Å². The molecule has 8 heteroatoms. The number of hydrogen-bond acceptors (Lipinski definition) is 7. The van der Waals surface area contributed by atoms with Crippen molar-refractivity contribution >= 4 is 17.2 Å². The molecule has 0 spiro atoms. The van der Waals surface area contributed by atoms with E-state index in [-0.39, 0.29) is 6.10 Å². The van der Waals surface area contributed by atoms with E-state index in [0.717, 1.165) is 46.7 Å². The number of hydrogen-bond donors (Lipinski definition) is 1. The number of pyridine rings is 2. The lowest BCUT2D eigenvalue weighted by molar-refractivity contribution is 0.0663. The van der Waals surface area contributed by atoms with Crippen LogP contribution in [0.1, 0.15) is 31.4 Å². The second-order valence-electron chi connectivity index (χ2n) is 9.13. The van der Waals surface area contributed by atoms with Gasteiger partial charge in [-0.1, -0.05) is 0 Å². The first kappa shape index (κ1) is 20.1. The Bertz CT molecular complexity index is 1270. The highest BCUT2D eigenvalue weighted by atomic mass is 16.5. The molecule has 2 aliphatic heterocycles. The monoisotopic (exact) mass is 441 g/mol. The van der Waals surface area contributed by atoms with Crippen molar-refractivity contribution in [3.8, 4) is 16.9 Å². The maximum absolute atomic E-state index is 6.58. The maximum atomic E-state index is 6.58. The zero-order valence-corrected chi connectivity index (χ0v) is 18.8. The molecule has 3 atom stereocenters. The maximum Gasteiger partial charge on any atom is 0.154 e. The van der Waals surface area contributed by atoms with Gasteiger partial charge in [0, 0.05) is 41.8 Å². The molecular weight excluding hydrogens is 414 g/mol. The molecule has 0 amide bonds. The van der Waals surface area contributed by atoms with E-state index < -0.39 is 0 Å². The van der Waals surface area contributed by atoms with Crippen LogP contribution in [0.25, 0.3) is 16.6 Å². The third kappa shape index (κ3) is 3.91. The molecule has 2 saturated heterocycles. The Labute approximate surface area is 192 Å². The summed E-state index contributed by atoms with van der Waals surface area (Å²) >= 11 is 0. The number of nitrogens with one attached hydrogen (secondary N) is 1. The lowest BCUT2D eigenvalue weighted by Crippen LogP contribution is -2.43. The van der Waals surface area contributed by atoms with Gasteiger partial charge in [-0.15, -0.1) is 5.10 Å². The minimum absolute atomic E-state index is 0.239. The summed E-state index contributed by atoms with van der Waals surface area (Å²) in [5.74, 6) is 2.24. The Morgan fingerprint density at radius 1 is 1.06 bits per heavy atom. The van der Waals surface area contributed by atoms with E-state index in [0.29, 0.717) is 17.9 Å². The molecule has 0 aliphatic carbocycles. The number of ether oxygens (including phenoxy) is 1. The van der Waals surface area contributed by atoms with Crippen molar-refractivity contribution in [3.05, 3.63) is 60.7 Å². The molecule has 1 unspecified atom stereocenters. The highest BCUT2D eigenvalue weighted by Gasteiger charge is 2.39. The summed E-state index contributed by atoms with van der Waals surface area (Å²) in [4.78, 5) is 7.07. The summed E-state index contributed by atoms with van der Waals surface area (Å²) < 4.78 is 8.43. The predicted octanol–water partition coefficient (Wildman–Crippen LogP) is 4.24. The van der Waals surface area contributed by atoms with Crippen LogP contribution >= 0.6 is 0 Å². The van der Waals surface area contributed by atoms with Crippen LogP contribution in [0.15, 0.2) is 55.0 Å². The molecule has 2 bridgehead atoms. The topological polar surface area (TPSA) is 80.5 Å². The molecular formula is C25H27N7O. The summed E-state index contributed by atoms with van der Waals surface area (Å²) in [5, 5.41) is 15.8. The fraction of sp³-hybridized carbons (Fsp3) is 0.360. The number of nitrogens with zero attached hydrogens (tertiary/aromatic N) is 6. The van der Waals surface area contributed by atoms with Gasteiger partial charge in [-0.05, 0) is 75.5 Å². The zero-order valence-electron chi connectivity index (χ0n) is 18.8. The third-order valence-electron chi connectivity index (χ3n) is 6.96. The first-order valence-corrected chi connectivity index (χ1v) is 11.5. The summed E-state index contributed by atoms with van der Waals surface area (Å²) in [6.07, 6.45) is 10.5. The number of aryl methyl sites for hydroxylation is 1. The first-order valence-electron chi connectivity index (χ1n) is 11.5. The SMILES string of the molecule is Cc1cc(-c2ccn3nc(Nc4cccnn4)cc3c2)c(OC2C[C@H]3CC[C@@H](C2)N3C)cn1. The first-order chi connectivity index (χ1) is 16.1. The molecule has 6 rings (SSSR count). The van der Waals surface area contributed by atoms with Crippen molar-refractivity contribution in [2.75, 3.05) is 12.4 Å². The summed E-state index contributed by atoms with van der Waals surface area (Å²) in [7, 11) is 2.26. The summed E-state index contributed by atoms with van der Waals surface area (Å²) in [6.45, 7) is 2.02. The van der Waals surface area contributed by atoms with Crippen LogP contribution < -0.4 is 10.1 Å². The lowest BCUT2D eigenvalue weighted by Gasteiger charge is -2.36. The van der Waals surface area contributed by atoms with Gasteiger partial charge in [0.15, 0.2) is 11.6 Å². The molecule has 33 heavy (non-hydrogen) atoms. The number of aromatic nitrogens is 5. The van der Waals surface area contributed by atoms with Crippen molar-refractivity contribution in [2.24, 2.45) is 0 Å². The lowest BCUT2D eigenvalue weighted by atomic mass is 10.00. The molecule has 4 aromatic rings. The Kier molecular flexibility index (Phi) is 4.95. The standard InChI is InChI=1S/C25H27N7O/c1-16-10-22(23(15-26-16)33-21-12-18-5-6-19(13-21)31(18)2)17-7-9-32-20(11-17)14-25(30-32)28-24-4-3-8-27-29-24/h3-4,7-11,14-15,18-19,21H,5-6,12-13H2,1-2H3,(H,28,29,30)/t18-,19+,21?. The zero-order chi connectivity index (χ0) is 22.4. The molecule has 4 aromatic heterocycles. The van der Waals surface area contributed by atoms with Gasteiger partial charge in [-0.3, -0.25) is 4.98 Å². The van der Waals surface area contributed by atoms with E-state index in [1.165, 1.54) is 12.8 Å². The van der Waals surface area contributed by atoms with Crippen LogP contribution in [-0.4, -0.2) is 54.9 Å². The number of rotatable bonds is 5. The van der Waals surface area contributed by atoms with Crippen LogP contribution in [0.5, 0.6) is 5.75 Å². The van der Waals surface area contributed by atoms with Crippen molar-refractivity contribution in [2.45, 2.75) is 50.8 Å². The smallest absolute Gasteiger partial charge is 0.154 e. The summed E-state index contributed by atoms with van der Waals surface area (Å²) in [5.41, 5.74) is 4.11. The molecule has 168 valence electrons. The van der Waals surface area contributed by atoms with E-state index in [1.807, 2.05) is 42.0 Å². The predicted molar refractivity (Wildman–Crippen MR) is 127 cm³/mol. The highest BCUT2D eigenvalue weighted by molar-refractivity contribution is 5.75. The van der Waals surface area contributed by atoms with Crippen LogP contribution in [-0.2, 0) is 0 Å². The second kappa shape index (κ2) is 8.12. The van der Waals surface area contributed by atoms with Crippen molar-refractivity contribution in [1.82, 2.24) is 29.7 Å². The molecule has 2 fully saturated rings. The molecule has 8 nitrogen and oxygen atoms in total. The second-order valence-corrected chi connectivity index (χ2v) is 9.13. The van der Waals surface area contributed by atoms with Crippen LogP contribution in [0.2, 0.25) is 0 Å². The van der Waals surface area contributed by atoms with Gasteiger partial charge in [0.2, 0.25) is 0 Å². The van der Waals surface area contributed by atoms with E-state index >= 15 is 0 Å². The van der Waals surface area contributed by atoms with Gasteiger partial charge >= 0.3 is 0 Å². The quantitative estimate of drug-likeness (QED) is 0.496. The largest absolute Gasteiger partial charge is 0.488 e.